The fourth-order valence-corrected chi connectivity index (χ4v) is 1.47. The third-order valence-electron chi connectivity index (χ3n) is 2.40. The smallest absolute Gasteiger partial charge is 0.304 e. The van der Waals surface area contributed by atoms with Crippen LogP contribution in [-0.2, 0) is 11.2 Å². The zero-order valence-corrected chi connectivity index (χ0v) is 9.35. The molecule has 4 heteroatoms. The van der Waals surface area contributed by atoms with Crippen molar-refractivity contribution in [1.82, 2.24) is 0 Å². The van der Waals surface area contributed by atoms with Gasteiger partial charge < -0.3 is 15.6 Å². The number of benzene rings is 1. The van der Waals surface area contributed by atoms with Crippen LogP contribution in [0.2, 0.25) is 0 Å². The molecule has 0 saturated carbocycles. The largest absolute Gasteiger partial charge is 0.497 e. The van der Waals surface area contributed by atoms with Gasteiger partial charge in [-0.1, -0.05) is 12.1 Å². The van der Waals surface area contributed by atoms with E-state index in [1.165, 1.54) is 0 Å². The Labute approximate surface area is 95.0 Å². The van der Waals surface area contributed by atoms with Gasteiger partial charge in [0.15, 0.2) is 0 Å². The van der Waals surface area contributed by atoms with Gasteiger partial charge in [0.1, 0.15) is 5.75 Å². The summed E-state index contributed by atoms with van der Waals surface area (Å²) in [6.07, 6.45) is 1.49. The number of nitrogens with two attached hydrogens (primary N) is 1. The molecule has 0 amide bonds. The highest BCUT2D eigenvalue weighted by Crippen LogP contribution is 2.13. The van der Waals surface area contributed by atoms with Gasteiger partial charge in [-0.25, -0.2) is 0 Å². The van der Waals surface area contributed by atoms with E-state index in [0.717, 1.165) is 17.7 Å². The average molecular weight is 223 g/mol. The fraction of sp³-hybridized carbons (Fsp3) is 0.417. The van der Waals surface area contributed by atoms with Gasteiger partial charge >= 0.3 is 5.97 Å². The van der Waals surface area contributed by atoms with Gasteiger partial charge in [-0.15, -0.1) is 0 Å². The minimum Gasteiger partial charge on any atom is -0.497 e. The second-order valence-electron chi connectivity index (χ2n) is 3.74. The summed E-state index contributed by atoms with van der Waals surface area (Å²) < 4.78 is 5.04. The van der Waals surface area contributed by atoms with E-state index in [0.29, 0.717) is 6.42 Å². The van der Waals surface area contributed by atoms with E-state index < -0.39 is 5.97 Å². The molecule has 88 valence electrons. The molecule has 0 radical (unpaired) electrons. The van der Waals surface area contributed by atoms with Crippen LogP contribution in [0, 0.1) is 0 Å². The molecular formula is C12H17NO3. The van der Waals surface area contributed by atoms with Gasteiger partial charge in [-0.05, 0) is 30.5 Å². The van der Waals surface area contributed by atoms with Crippen LogP contribution in [-0.4, -0.2) is 24.2 Å². The second kappa shape index (κ2) is 6.12. The molecule has 16 heavy (non-hydrogen) atoms. The molecule has 0 aliphatic rings. The minimum atomic E-state index is -0.845. The minimum absolute atomic E-state index is 0.0240. The summed E-state index contributed by atoms with van der Waals surface area (Å²) in [5, 5.41) is 8.55. The maximum Gasteiger partial charge on any atom is 0.304 e. The van der Waals surface area contributed by atoms with Crippen molar-refractivity contribution in [3.63, 3.8) is 0 Å². The first-order valence-electron chi connectivity index (χ1n) is 5.22. The summed E-state index contributed by atoms with van der Waals surface area (Å²) in [6.45, 7) is 0. The number of carboxylic acids is 1. The van der Waals surface area contributed by atoms with Crippen LogP contribution in [0.3, 0.4) is 0 Å². The van der Waals surface area contributed by atoms with Crippen molar-refractivity contribution in [2.75, 3.05) is 7.11 Å². The van der Waals surface area contributed by atoms with E-state index in [1.807, 2.05) is 24.3 Å². The molecule has 0 fully saturated rings. The van der Waals surface area contributed by atoms with Crippen molar-refractivity contribution in [2.24, 2.45) is 5.73 Å². The Morgan fingerprint density at radius 3 is 2.56 bits per heavy atom. The van der Waals surface area contributed by atoms with Gasteiger partial charge in [0.2, 0.25) is 0 Å². The lowest BCUT2D eigenvalue weighted by molar-refractivity contribution is -0.137. The van der Waals surface area contributed by atoms with E-state index in [1.54, 1.807) is 7.11 Å². The Balaban J connectivity index is 2.39. The fourth-order valence-electron chi connectivity index (χ4n) is 1.47. The van der Waals surface area contributed by atoms with Crippen molar-refractivity contribution in [3.05, 3.63) is 29.8 Å². The number of hydrogen-bond donors (Lipinski definition) is 2. The van der Waals surface area contributed by atoms with Crippen LogP contribution in [0.5, 0.6) is 5.75 Å². The van der Waals surface area contributed by atoms with Crippen molar-refractivity contribution in [2.45, 2.75) is 25.3 Å². The highest BCUT2D eigenvalue weighted by molar-refractivity contribution is 5.67. The number of rotatable bonds is 6. The SMILES string of the molecule is COc1ccc(CC[C@@H](N)CC(=O)O)cc1. The quantitative estimate of drug-likeness (QED) is 0.765. The predicted octanol–water partition coefficient (Wildman–Crippen LogP) is 1.43. The van der Waals surface area contributed by atoms with Gasteiger partial charge in [0.05, 0.1) is 13.5 Å². The third-order valence-corrected chi connectivity index (χ3v) is 2.40. The molecule has 1 rings (SSSR count). The number of methoxy groups -OCH3 is 1. The molecular weight excluding hydrogens is 206 g/mol. The summed E-state index contributed by atoms with van der Waals surface area (Å²) in [6, 6.07) is 7.42. The summed E-state index contributed by atoms with van der Waals surface area (Å²) >= 11 is 0. The average Bonchev–Trinajstić information content (AvgIpc) is 2.26. The van der Waals surface area contributed by atoms with E-state index in [9.17, 15) is 4.79 Å². The van der Waals surface area contributed by atoms with Crippen LogP contribution in [0.1, 0.15) is 18.4 Å². The molecule has 0 heterocycles. The molecule has 0 aliphatic carbocycles. The Hall–Kier alpha value is -1.55. The first kappa shape index (κ1) is 12.5. The standard InChI is InChI=1S/C12H17NO3/c1-16-11-6-3-9(4-7-11)2-5-10(13)8-12(14)15/h3-4,6-7,10H,2,5,8,13H2,1H3,(H,14,15)/t10-/m1/s1. The molecule has 1 aromatic rings. The Bertz CT molecular complexity index is 335. The van der Waals surface area contributed by atoms with Crippen LogP contribution in [0.15, 0.2) is 24.3 Å². The molecule has 0 aliphatic heterocycles. The third kappa shape index (κ3) is 4.31. The van der Waals surface area contributed by atoms with Crippen molar-refractivity contribution in [1.29, 1.82) is 0 Å². The molecule has 0 unspecified atom stereocenters. The van der Waals surface area contributed by atoms with E-state index in [2.05, 4.69) is 0 Å². The molecule has 0 bridgehead atoms. The Morgan fingerprint density at radius 1 is 1.44 bits per heavy atom. The molecule has 1 atom stereocenters. The van der Waals surface area contributed by atoms with Crippen LogP contribution in [0.25, 0.3) is 0 Å². The van der Waals surface area contributed by atoms with Gasteiger partial charge in [0.25, 0.3) is 0 Å². The highest BCUT2D eigenvalue weighted by Gasteiger charge is 2.07. The molecule has 1 aromatic carbocycles. The monoisotopic (exact) mass is 223 g/mol. The summed E-state index contributed by atoms with van der Waals surface area (Å²) in [4.78, 5) is 10.4. The maximum absolute atomic E-state index is 10.4. The molecule has 3 N–H and O–H groups in total. The van der Waals surface area contributed by atoms with E-state index in [-0.39, 0.29) is 12.5 Å². The van der Waals surface area contributed by atoms with Crippen LogP contribution >= 0.6 is 0 Å². The second-order valence-corrected chi connectivity index (χ2v) is 3.74. The summed E-state index contributed by atoms with van der Waals surface area (Å²) in [5.74, 6) is -0.0270. The number of hydrogen-bond acceptors (Lipinski definition) is 3. The molecule has 0 saturated heterocycles. The topological polar surface area (TPSA) is 72.5 Å². The highest BCUT2D eigenvalue weighted by atomic mass is 16.5. The lowest BCUT2D eigenvalue weighted by atomic mass is 10.0. The summed E-state index contributed by atoms with van der Waals surface area (Å²) in [7, 11) is 1.62. The lowest BCUT2D eigenvalue weighted by Crippen LogP contribution is -2.24. The number of aryl methyl sites for hydroxylation is 1. The van der Waals surface area contributed by atoms with Gasteiger partial charge in [-0.3, -0.25) is 4.79 Å². The normalized spacial score (nSPS) is 12.1. The van der Waals surface area contributed by atoms with E-state index >= 15 is 0 Å². The summed E-state index contributed by atoms with van der Waals surface area (Å²) in [5.41, 5.74) is 6.81. The Morgan fingerprint density at radius 2 is 2.06 bits per heavy atom. The zero-order valence-electron chi connectivity index (χ0n) is 9.35. The first-order valence-corrected chi connectivity index (χ1v) is 5.22. The van der Waals surface area contributed by atoms with Gasteiger partial charge in [0, 0.05) is 6.04 Å². The zero-order chi connectivity index (χ0) is 12.0. The molecule has 0 spiro atoms. The maximum atomic E-state index is 10.4. The van der Waals surface area contributed by atoms with Crippen LogP contribution < -0.4 is 10.5 Å². The lowest BCUT2D eigenvalue weighted by Gasteiger charge is -2.08. The van der Waals surface area contributed by atoms with E-state index in [4.69, 9.17) is 15.6 Å². The Kier molecular flexibility index (Phi) is 4.79. The van der Waals surface area contributed by atoms with Crippen LogP contribution in [0.4, 0.5) is 0 Å². The number of carbonyl (C=O) groups is 1. The van der Waals surface area contributed by atoms with Gasteiger partial charge in [-0.2, -0.15) is 0 Å². The molecule has 4 nitrogen and oxygen atoms in total. The number of carboxylic acid groups (broad SMARTS) is 1. The number of aliphatic carboxylic acids is 1. The van der Waals surface area contributed by atoms with Crippen molar-refractivity contribution < 1.29 is 14.6 Å². The first-order chi connectivity index (χ1) is 7.61. The number of ether oxygens (including phenoxy) is 1. The van der Waals surface area contributed by atoms with Crippen molar-refractivity contribution in [3.8, 4) is 5.75 Å². The molecule has 0 aromatic heterocycles. The predicted molar refractivity (Wildman–Crippen MR) is 61.5 cm³/mol. The van der Waals surface area contributed by atoms with Crippen molar-refractivity contribution >= 4 is 5.97 Å².